The second-order valence-electron chi connectivity index (χ2n) is 5.83. The zero-order valence-corrected chi connectivity index (χ0v) is 15.8. The minimum atomic E-state index is 1.28. The molecule has 0 radical (unpaired) electrons. The topological polar surface area (TPSA) is 0 Å². The summed E-state index contributed by atoms with van der Waals surface area (Å²) in [4.78, 5) is 5.49. The molecule has 1 heterocycles. The fraction of sp³-hybridized carbons (Fsp3) is 0. The first kappa shape index (κ1) is 17.0. The summed E-state index contributed by atoms with van der Waals surface area (Å²) < 4.78 is 0. The quantitative estimate of drug-likeness (QED) is 0.297. The summed E-state index contributed by atoms with van der Waals surface area (Å²) in [6.07, 6.45) is 0. The van der Waals surface area contributed by atoms with Crippen LogP contribution in [0.4, 0.5) is 0 Å². The second kappa shape index (κ2) is 8.31. The zero-order chi connectivity index (χ0) is 17.6. The minimum Gasteiger partial charge on any atom is -0.0877 e. The summed E-state index contributed by atoms with van der Waals surface area (Å²) in [5.74, 6) is 0. The Balaban J connectivity index is 0.000000131. The number of benzene rings is 4. The minimum absolute atomic E-state index is 1.28. The van der Waals surface area contributed by atoms with Crippen molar-refractivity contribution in [2.75, 3.05) is 0 Å². The normalized spacial score (nSPS) is 11.5. The molecule has 0 N–H and O–H groups in total. The molecule has 26 heavy (non-hydrogen) atoms. The number of hydrogen-bond acceptors (Lipinski definition) is 2. The molecule has 0 saturated heterocycles. The summed E-state index contributed by atoms with van der Waals surface area (Å²) in [6, 6.07) is 37.9. The number of hydrogen-bond donors (Lipinski definition) is 0. The van der Waals surface area contributed by atoms with E-state index < -0.39 is 0 Å². The van der Waals surface area contributed by atoms with E-state index >= 15 is 0 Å². The van der Waals surface area contributed by atoms with Crippen LogP contribution < -0.4 is 0 Å². The van der Waals surface area contributed by atoms with Crippen molar-refractivity contribution in [2.24, 2.45) is 0 Å². The fourth-order valence-corrected chi connectivity index (χ4v) is 4.97. The van der Waals surface area contributed by atoms with E-state index in [1.807, 2.05) is 35.7 Å². The van der Waals surface area contributed by atoms with Crippen molar-refractivity contribution >= 4 is 23.5 Å². The van der Waals surface area contributed by atoms with Crippen LogP contribution in [0, 0.1) is 0 Å². The van der Waals surface area contributed by atoms with Gasteiger partial charge in [-0.25, -0.2) is 0 Å². The van der Waals surface area contributed by atoms with Gasteiger partial charge in [0.25, 0.3) is 0 Å². The SMILES string of the molecule is c1ccc(-c2ccccc2)cc1.c1ccc2c(c1)Sc1ccccc1S2. The lowest BCUT2D eigenvalue weighted by Crippen LogP contribution is -1.87. The van der Waals surface area contributed by atoms with Crippen LogP contribution in [0.5, 0.6) is 0 Å². The maximum atomic E-state index is 2.18. The molecular formula is C24H18S2. The van der Waals surface area contributed by atoms with Crippen molar-refractivity contribution in [3.05, 3.63) is 109 Å². The number of fused-ring (bicyclic) bond motifs is 2. The molecule has 1 aliphatic heterocycles. The van der Waals surface area contributed by atoms with E-state index in [1.54, 1.807) is 0 Å². The van der Waals surface area contributed by atoms with Crippen molar-refractivity contribution in [1.82, 2.24) is 0 Å². The van der Waals surface area contributed by atoms with E-state index in [2.05, 4.69) is 97.1 Å². The van der Waals surface area contributed by atoms with E-state index in [4.69, 9.17) is 0 Å². The van der Waals surface area contributed by atoms with Crippen LogP contribution in [-0.2, 0) is 0 Å². The highest BCUT2D eigenvalue weighted by atomic mass is 32.2. The number of rotatable bonds is 1. The highest BCUT2D eigenvalue weighted by molar-refractivity contribution is 8.05. The van der Waals surface area contributed by atoms with E-state index in [1.165, 1.54) is 30.7 Å². The highest BCUT2D eigenvalue weighted by Crippen LogP contribution is 2.47. The maximum Gasteiger partial charge on any atom is 0.0262 e. The van der Waals surface area contributed by atoms with Crippen LogP contribution in [0.2, 0.25) is 0 Å². The molecule has 0 atom stereocenters. The molecule has 0 saturated carbocycles. The van der Waals surface area contributed by atoms with Gasteiger partial charge in [-0.1, -0.05) is 108 Å². The van der Waals surface area contributed by atoms with E-state index in [-0.39, 0.29) is 0 Å². The molecule has 0 spiro atoms. The predicted molar refractivity (Wildman–Crippen MR) is 113 cm³/mol. The third kappa shape index (κ3) is 4.04. The van der Waals surface area contributed by atoms with Crippen molar-refractivity contribution in [3.63, 3.8) is 0 Å². The Kier molecular flexibility index (Phi) is 5.44. The highest BCUT2D eigenvalue weighted by Gasteiger charge is 2.14. The van der Waals surface area contributed by atoms with Crippen molar-refractivity contribution in [1.29, 1.82) is 0 Å². The molecule has 126 valence electrons. The van der Waals surface area contributed by atoms with Crippen LogP contribution in [0.25, 0.3) is 11.1 Å². The first-order chi connectivity index (χ1) is 12.9. The average Bonchev–Trinajstić information content (AvgIpc) is 2.74. The molecule has 0 bridgehead atoms. The molecule has 0 amide bonds. The van der Waals surface area contributed by atoms with Crippen LogP contribution in [0.3, 0.4) is 0 Å². The Bertz CT molecular complexity index is 854. The molecule has 0 aliphatic carbocycles. The molecule has 0 unspecified atom stereocenters. The van der Waals surface area contributed by atoms with Crippen molar-refractivity contribution < 1.29 is 0 Å². The summed E-state index contributed by atoms with van der Waals surface area (Å²) in [7, 11) is 0. The van der Waals surface area contributed by atoms with Gasteiger partial charge in [0.2, 0.25) is 0 Å². The first-order valence-electron chi connectivity index (χ1n) is 8.54. The van der Waals surface area contributed by atoms with Crippen LogP contribution in [0.1, 0.15) is 0 Å². The summed E-state index contributed by atoms with van der Waals surface area (Å²) in [5, 5.41) is 0. The molecule has 0 nitrogen and oxygen atoms in total. The summed E-state index contributed by atoms with van der Waals surface area (Å²) >= 11 is 3.72. The predicted octanol–water partition coefficient (Wildman–Crippen LogP) is 7.66. The molecule has 2 heteroatoms. The van der Waals surface area contributed by atoms with E-state index in [0.717, 1.165) is 0 Å². The average molecular weight is 371 g/mol. The second-order valence-corrected chi connectivity index (χ2v) is 8.00. The van der Waals surface area contributed by atoms with Gasteiger partial charge in [-0.05, 0) is 35.4 Å². The molecule has 4 aromatic rings. The Labute approximate surface area is 163 Å². The van der Waals surface area contributed by atoms with Gasteiger partial charge < -0.3 is 0 Å². The van der Waals surface area contributed by atoms with Gasteiger partial charge in [-0.15, -0.1) is 0 Å². The zero-order valence-electron chi connectivity index (χ0n) is 14.2. The lowest BCUT2D eigenvalue weighted by atomic mass is 10.1. The largest absolute Gasteiger partial charge is 0.0877 e. The Morgan fingerprint density at radius 1 is 0.308 bits per heavy atom. The van der Waals surface area contributed by atoms with Gasteiger partial charge in [-0.3, -0.25) is 0 Å². The van der Waals surface area contributed by atoms with Crippen molar-refractivity contribution in [2.45, 2.75) is 19.6 Å². The first-order valence-corrected chi connectivity index (χ1v) is 10.2. The van der Waals surface area contributed by atoms with Gasteiger partial charge in [-0.2, -0.15) is 0 Å². The molecule has 1 aliphatic rings. The smallest absolute Gasteiger partial charge is 0.0262 e. The third-order valence-corrected chi connectivity index (χ3v) is 6.58. The Morgan fingerprint density at radius 3 is 0.885 bits per heavy atom. The van der Waals surface area contributed by atoms with Gasteiger partial charge in [0.05, 0.1) is 0 Å². The molecular weight excluding hydrogens is 352 g/mol. The lowest BCUT2D eigenvalue weighted by molar-refractivity contribution is 1.16. The van der Waals surface area contributed by atoms with Crippen LogP contribution in [-0.4, -0.2) is 0 Å². The fourth-order valence-electron chi connectivity index (χ4n) is 2.74. The van der Waals surface area contributed by atoms with Crippen LogP contribution in [0.15, 0.2) is 129 Å². The Hall–Kier alpha value is -2.42. The summed E-state index contributed by atoms with van der Waals surface area (Å²) in [5.41, 5.74) is 2.55. The molecule has 4 aromatic carbocycles. The monoisotopic (exact) mass is 370 g/mol. The van der Waals surface area contributed by atoms with Gasteiger partial charge in [0, 0.05) is 19.6 Å². The van der Waals surface area contributed by atoms with Gasteiger partial charge in [0.15, 0.2) is 0 Å². The van der Waals surface area contributed by atoms with Crippen LogP contribution >= 0.6 is 23.5 Å². The standard InChI is InChI=1S/C12H8S2.C12H10/c1-2-6-10-9(5-1)13-11-7-3-4-8-12(11)14-10;1-3-7-11(8-4-1)12-9-5-2-6-10-12/h1-8H;1-10H. The van der Waals surface area contributed by atoms with Gasteiger partial charge >= 0.3 is 0 Å². The molecule has 0 aromatic heterocycles. The summed E-state index contributed by atoms with van der Waals surface area (Å²) in [6.45, 7) is 0. The lowest BCUT2D eigenvalue weighted by Gasteiger charge is -2.17. The van der Waals surface area contributed by atoms with Crippen molar-refractivity contribution in [3.8, 4) is 11.1 Å². The maximum absolute atomic E-state index is 2.18. The molecule has 5 rings (SSSR count). The Morgan fingerprint density at radius 2 is 0.577 bits per heavy atom. The van der Waals surface area contributed by atoms with E-state index in [9.17, 15) is 0 Å². The van der Waals surface area contributed by atoms with Gasteiger partial charge in [0.1, 0.15) is 0 Å². The molecule has 0 fully saturated rings. The third-order valence-electron chi connectivity index (χ3n) is 4.02. The van der Waals surface area contributed by atoms with E-state index in [0.29, 0.717) is 0 Å².